The van der Waals surface area contributed by atoms with Gasteiger partial charge >= 0.3 is 0 Å². The molecule has 2 rings (SSSR count). The van der Waals surface area contributed by atoms with Crippen molar-refractivity contribution < 1.29 is 0 Å². The van der Waals surface area contributed by atoms with Crippen LogP contribution in [0.5, 0.6) is 0 Å². The summed E-state index contributed by atoms with van der Waals surface area (Å²) in [5, 5.41) is 6.75. The number of aryl methyl sites for hydroxylation is 2. The van der Waals surface area contributed by atoms with E-state index in [1.807, 2.05) is 26.1 Å². The maximum absolute atomic E-state index is 6.03. The summed E-state index contributed by atoms with van der Waals surface area (Å²) in [6, 6.07) is 3.68. The van der Waals surface area contributed by atoms with E-state index in [1.54, 1.807) is 10.9 Å². The van der Waals surface area contributed by atoms with Crippen molar-refractivity contribution in [3.8, 4) is 0 Å². The van der Waals surface area contributed by atoms with Crippen LogP contribution in [-0.4, -0.2) is 14.8 Å². The summed E-state index contributed by atoms with van der Waals surface area (Å²) >= 11 is 7.28. The second-order valence-electron chi connectivity index (χ2n) is 3.56. The van der Waals surface area contributed by atoms with Gasteiger partial charge in [-0.25, -0.2) is 4.98 Å². The molecule has 0 aromatic carbocycles. The fourth-order valence-corrected chi connectivity index (χ4v) is 2.43. The normalized spacial score (nSPS) is 10.8. The molecule has 6 heteroatoms. The van der Waals surface area contributed by atoms with Gasteiger partial charge in [-0.2, -0.15) is 5.10 Å². The summed E-state index contributed by atoms with van der Waals surface area (Å²) in [6.07, 6.45) is 2.45. The van der Waals surface area contributed by atoms with Gasteiger partial charge in [-0.1, -0.05) is 18.5 Å². The smallest absolute Gasteiger partial charge is 0.123 e. The van der Waals surface area contributed by atoms with Crippen molar-refractivity contribution in [2.75, 3.05) is 5.73 Å². The van der Waals surface area contributed by atoms with Crippen LogP contribution in [0.1, 0.15) is 12.6 Å². The number of pyridine rings is 1. The van der Waals surface area contributed by atoms with Gasteiger partial charge in [-0.3, -0.25) is 4.68 Å². The molecule has 0 aliphatic heterocycles. The molecule has 0 amide bonds. The highest BCUT2D eigenvalue weighted by molar-refractivity contribution is 7.99. The van der Waals surface area contributed by atoms with Crippen LogP contribution in [0.25, 0.3) is 0 Å². The van der Waals surface area contributed by atoms with E-state index in [4.69, 9.17) is 17.3 Å². The Bertz CT molecular complexity index is 521. The molecule has 0 radical (unpaired) electrons. The first kappa shape index (κ1) is 12.3. The molecule has 0 saturated carbocycles. The molecule has 0 bridgehead atoms. The van der Waals surface area contributed by atoms with E-state index in [9.17, 15) is 0 Å². The maximum Gasteiger partial charge on any atom is 0.123 e. The molecular weight excluding hydrogens is 256 g/mol. The third-order valence-electron chi connectivity index (χ3n) is 2.34. The molecule has 0 aliphatic rings. The van der Waals surface area contributed by atoms with Crippen molar-refractivity contribution in [1.82, 2.24) is 14.8 Å². The largest absolute Gasteiger partial charge is 0.395 e. The van der Waals surface area contributed by atoms with Gasteiger partial charge in [0.15, 0.2) is 0 Å². The summed E-state index contributed by atoms with van der Waals surface area (Å²) in [7, 11) is 1.88. The van der Waals surface area contributed by atoms with Crippen molar-refractivity contribution in [1.29, 1.82) is 0 Å². The van der Waals surface area contributed by atoms with Crippen LogP contribution >= 0.6 is 23.4 Å². The molecule has 0 atom stereocenters. The summed E-state index contributed by atoms with van der Waals surface area (Å²) in [4.78, 5) is 4.23. The molecule has 0 saturated heterocycles. The molecule has 0 unspecified atom stereocenters. The third kappa shape index (κ3) is 2.56. The summed E-state index contributed by atoms with van der Waals surface area (Å²) in [6.45, 7) is 2.04. The molecule has 0 spiro atoms. The number of hydrogen-bond acceptors (Lipinski definition) is 4. The van der Waals surface area contributed by atoms with Gasteiger partial charge in [0.25, 0.3) is 0 Å². The third-order valence-corrected chi connectivity index (χ3v) is 3.69. The number of halogens is 1. The van der Waals surface area contributed by atoms with Crippen molar-refractivity contribution in [3.63, 3.8) is 0 Å². The first-order chi connectivity index (χ1) is 8.11. The lowest BCUT2D eigenvalue weighted by Gasteiger charge is -2.02. The Hall–Kier alpha value is -1.20. The standard InChI is InChI=1S/C11H13ClN4S/c1-3-8-10(13)11(16(2)15-8)17-9-5-4-7(12)6-14-9/h4-6H,3,13H2,1-2H3. The van der Waals surface area contributed by atoms with Gasteiger partial charge in [0.05, 0.1) is 16.4 Å². The Morgan fingerprint density at radius 1 is 1.47 bits per heavy atom. The summed E-state index contributed by atoms with van der Waals surface area (Å²) < 4.78 is 1.79. The molecule has 17 heavy (non-hydrogen) atoms. The second kappa shape index (κ2) is 4.98. The van der Waals surface area contributed by atoms with Crippen LogP contribution in [0.2, 0.25) is 5.02 Å². The fraction of sp³-hybridized carbons (Fsp3) is 0.273. The number of hydrogen-bond donors (Lipinski definition) is 1. The van der Waals surface area contributed by atoms with Crippen LogP contribution in [0, 0.1) is 0 Å². The topological polar surface area (TPSA) is 56.7 Å². The monoisotopic (exact) mass is 268 g/mol. The second-order valence-corrected chi connectivity index (χ2v) is 5.00. The highest BCUT2D eigenvalue weighted by Gasteiger charge is 2.13. The van der Waals surface area contributed by atoms with Gasteiger partial charge in [-0.05, 0) is 30.3 Å². The molecule has 2 heterocycles. The average molecular weight is 269 g/mol. The SMILES string of the molecule is CCc1nn(C)c(Sc2ccc(Cl)cn2)c1N. The zero-order valence-corrected chi connectivity index (χ0v) is 11.2. The van der Waals surface area contributed by atoms with E-state index in [0.29, 0.717) is 5.02 Å². The highest BCUT2D eigenvalue weighted by Crippen LogP contribution is 2.32. The minimum atomic E-state index is 0.626. The first-order valence-corrected chi connectivity index (χ1v) is 6.42. The van der Waals surface area contributed by atoms with Crippen LogP contribution < -0.4 is 5.73 Å². The Morgan fingerprint density at radius 3 is 2.76 bits per heavy atom. The van der Waals surface area contributed by atoms with Gasteiger partial charge < -0.3 is 5.73 Å². The van der Waals surface area contributed by atoms with Crippen molar-refractivity contribution in [2.24, 2.45) is 7.05 Å². The molecule has 2 aromatic heterocycles. The van der Waals surface area contributed by atoms with Gasteiger partial charge in [-0.15, -0.1) is 0 Å². The lowest BCUT2D eigenvalue weighted by atomic mass is 10.3. The molecule has 2 N–H and O–H groups in total. The fourth-order valence-electron chi connectivity index (χ4n) is 1.48. The quantitative estimate of drug-likeness (QED) is 0.930. The summed E-state index contributed by atoms with van der Waals surface area (Å²) in [5.74, 6) is 0. The van der Waals surface area contributed by atoms with E-state index in [0.717, 1.165) is 27.9 Å². The highest BCUT2D eigenvalue weighted by atomic mass is 35.5. The Kier molecular flexibility index (Phi) is 3.59. The maximum atomic E-state index is 6.03. The Balaban J connectivity index is 2.29. The summed E-state index contributed by atoms with van der Waals surface area (Å²) in [5.41, 5.74) is 7.69. The van der Waals surface area contributed by atoms with Crippen molar-refractivity contribution in [2.45, 2.75) is 23.4 Å². The molecule has 0 aliphatic carbocycles. The van der Waals surface area contributed by atoms with Gasteiger partial charge in [0.1, 0.15) is 10.1 Å². The van der Waals surface area contributed by atoms with E-state index in [2.05, 4.69) is 10.1 Å². The van der Waals surface area contributed by atoms with E-state index >= 15 is 0 Å². The van der Waals surface area contributed by atoms with Crippen molar-refractivity contribution in [3.05, 3.63) is 29.0 Å². The molecule has 2 aromatic rings. The van der Waals surface area contributed by atoms with E-state index < -0.39 is 0 Å². The minimum absolute atomic E-state index is 0.626. The Labute approximate surface area is 109 Å². The lowest BCUT2D eigenvalue weighted by molar-refractivity contribution is 0.687. The molecular formula is C11H13ClN4S. The van der Waals surface area contributed by atoms with Crippen LogP contribution in [0.3, 0.4) is 0 Å². The minimum Gasteiger partial charge on any atom is -0.395 e. The van der Waals surface area contributed by atoms with Crippen LogP contribution in [-0.2, 0) is 13.5 Å². The van der Waals surface area contributed by atoms with E-state index in [1.165, 1.54) is 11.8 Å². The molecule has 4 nitrogen and oxygen atoms in total. The van der Waals surface area contributed by atoms with Crippen LogP contribution in [0.15, 0.2) is 28.4 Å². The number of rotatable bonds is 3. The predicted molar refractivity (Wildman–Crippen MR) is 70.4 cm³/mol. The van der Waals surface area contributed by atoms with Gasteiger partial charge in [0.2, 0.25) is 0 Å². The average Bonchev–Trinajstić information content (AvgIpc) is 2.59. The van der Waals surface area contributed by atoms with E-state index in [-0.39, 0.29) is 0 Å². The molecule has 90 valence electrons. The number of nitrogens with two attached hydrogens (primary N) is 1. The number of nitrogens with zero attached hydrogens (tertiary/aromatic N) is 3. The zero-order chi connectivity index (χ0) is 12.4. The predicted octanol–water partition coefficient (Wildman–Crippen LogP) is 2.76. The number of aromatic nitrogens is 3. The number of nitrogen functional groups attached to an aromatic ring is 1. The first-order valence-electron chi connectivity index (χ1n) is 5.22. The lowest BCUT2D eigenvalue weighted by Crippen LogP contribution is -1.94. The van der Waals surface area contributed by atoms with Crippen molar-refractivity contribution >= 4 is 29.1 Å². The van der Waals surface area contributed by atoms with Gasteiger partial charge in [0, 0.05) is 13.2 Å². The zero-order valence-electron chi connectivity index (χ0n) is 9.64. The number of anilines is 1. The Morgan fingerprint density at radius 2 is 2.24 bits per heavy atom. The van der Waals surface area contributed by atoms with Crippen LogP contribution in [0.4, 0.5) is 5.69 Å². The molecule has 0 fully saturated rings.